The molecule has 1 spiro atoms. The van der Waals surface area contributed by atoms with Crippen LogP contribution in [0, 0.1) is 26.2 Å². The van der Waals surface area contributed by atoms with Crippen LogP contribution in [0.3, 0.4) is 0 Å². The van der Waals surface area contributed by atoms with Crippen molar-refractivity contribution in [3.05, 3.63) is 75.8 Å². The van der Waals surface area contributed by atoms with Gasteiger partial charge in [-0.3, -0.25) is 9.56 Å². The van der Waals surface area contributed by atoms with E-state index in [0.717, 1.165) is 52.3 Å². The number of aromatic nitrogens is 4. The average Bonchev–Trinajstić information content (AvgIpc) is 3.60. The summed E-state index contributed by atoms with van der Waals surface area (Å²) in [5, 5.41) is 13.6. The molecular formula is C29H32N6O2S. The quantitative estimate of drug-likeness (QED) is 0.379. The van der Waals surface area contributed by atoms with E-state index in [9.17, 15) is 0 Å². The number of benzene rings is 1. The van der Waals surface area contributed by atoms with Crippen molar-refractivity contribution in [2.45, 2.75) is 65.0 Å². The summed E-state index contributed by atoms with van der Waals surface area (Å²) in [6, 6.07) is 8.21. The minimum atomic E-state index is -0.267. The van der Waals surface area contributed by atoms with Gasteiger partial charge in [0.15, 0.2) is 11.7 Å². The number of ether oxygens (including phenoxy) is 1. The SMILES string of the molecule is Cc1sc2c(c1C)C(c1ccc(OC3CC4(CCNCC4)C3)cc1)=NC(Cc1ncco1)c1nnc(C)n1-2. The van der Waals surface area contributed by atoms with Crippen molar-refractivity contribution in [1.82, 2.24) is 25.1 Å². The number of thiophene rings is 1. The summed E-state index contributed by atoms with van der Waals surface area (Å²) in [6.45, 7) is 8.62. The zero-order valence-electron chi connectivity index (χ0n) is 22.0. The second-order valence-electron chi connectivity index (χ2n) is 11.0. The maximum Gasteiger partial charge on any atom is 0.196 e. The van der Waals surface area contributed by atoms with E-state index in [1.54, 1.807) is 23.8 Å². The van der Waals surface area contributed by atoms with Gasteiger partial charge in [0.25, 0.3) is 0 Å². The van der Waals surface area contributed by atoms with Gasteiger partial charge in [-0.1, -0.05) is 0 Å². The predicted octanol–water partition coefficient (Wildman–Crippen LogP) is 5.29. The number of piperidine rings is 1. The lowest BCUT2D eigenvalue weighted by molar-refractivity contribution is -0.0347. The van der Waals surface area contributed by atoms with Crippen LogP contribution in [0.25, 0.3) is 5.00 Å². The standard InChI is InChI=1S/C29H32N6O2S/c1-17-18(2)38-28-25(17)26(32-23(14-24-31-12-13-36-24)27-34-33-19(3)35(27)28)20-4-6-21(7-5-20)37-22-15-29(16-22)8-10-30-11-9-29/h4-7,12-13,22-23,30H,8-11,14-16H2,1-3H3. The van der Waals surface area contributed by atoms with E-state index >= 15 is 0 Å². The third kappa shape index (κ3) is 3.99. The normalized spacial score (nSPS) is 20.4. The van der Waals surface area contributed by atoms with Crippen LogP contribution >= 0.6 is 11.3 Å². The van der Waals surface area contributed by atoms with Gasteiger partial charge in [-0.05, 0) is 94.8 Å². The van der Waals surface area contributed by atoms with Crippen molar-refractivity contribution in [3.63, 3.8) is 0 Å². The lowest BCUT2D eigenvalue weighted by Crippen LogP contribution is -2.49. The smallest absolute Gasteiger partial charge is 0.196 e. The highest BCUT2D eigenvalue weighted by Crippen LogP contribution is 2.49. The molecular weight excluding hydrogens is 496 g/mol. The fraction of sp³-hybridized carbons (Fsp3) is 0.448. The summed E-state index contributed by atoms with van der Waals surface area (Å²) in [4.78, 5) is 10.9. The summed E-state index contributed by atoms with van der Waals surface area (Å²) < 4.78 is 14.1. The van der Waals surface area contributed by atoms with Gasteiger partial charge in [-0.25, -0.2) is 4.98 Å². The molecule has 3 aliphatic rings. The van der Waals surface area contributed by atoms with Crippen molar-refractivity contribution >= 4 is 17.0 Å². The summed E-state index contributed by atoms with van der Waals surface area (Å²) in [6.07, 6.45) is 8.99. The summed E-state index contributed by atoms with van der Waals surface area (Å²) in [7, 11) is 0. The fourth-order valence-electron chi connectivity index (χ4n) is 6.28. The maximum absolute atomic E-state index is 6.39. The van der Waals surface area contributed by atoms with Crippen LogP contribution in [0.2, 0.25) is 0 Å². The number of aryl methyl sites for hydroxylation is 2. The van der Waals surface area contributed by atoms with Crippen molar-refractivity contribution < 1.29 is 9.15 Å². The number of oxazole rings is 1. The number of hydrogen-bond acceptors (Lipinski definition) is 8. The molecule has 0 radical (unpaired) electrons. The van der Waals surface area contributed by atoms with Gasteiger partial charge in [0, 0.05) is 16.0 Å². The molecule has 2 fully saturated rings. The third-order valence-electron chi connectivity index (χ3n) is 8.51. The van der Waals surface area contributed by atoms with E-state index in [0.29, 0.717) is 23.8 Å². The highest BCUT2D eigenvalue weighted by molar-refractivity contribution is 7.15. The number of aliphatic imine (C=N–C) groups is 1. The number of nitrogens with one attached hydrogen (secondary N) is 1. The minimum Gasteiger partial charge on any atom is -0.490 e. The predicted molar refractivity (Wildman–Crippen MR) is 147 cm³/mol. The topological polar surface area (TPSA) is 90.4 Å². The molecule has 1 aromatic carbocycles. The monoisotopic (exact) mass is 528 g/mol. The van der Waals surface area contributed by atoms with Gasteiger partial charge < -0.3 is 14.5 Å². The molecule has 1 N–H and O–H groups in total. The molecule has 1 aliphatic carbocycles. The molecule has 5 heterocycles. The van der Waals surface area contributed by atoms with Gasteiger partial charge in [-0.15, -0.1) is 21.5 Å². The van der Waals surface area contributed by atoms with Crippen molar-refractivity contribution in [3.8, 4) is 10.8 Å². The van der Waals surface area contributed by atoms with Gasteiger partial charge in [0.2, 0.25) is 0 Å². The molecule has 196 valence electrons. The lowest BCUT2D eigenvalue weighted by atomic mass is 9.62. The Morgan fingerprint density at radius 3 is 2.63 bits per heavy atom. The molecule has 8 nitrogen and oxygen atoms in total. The molecule has 4 aromatic rings. The molecule has 3 aromatic heterocycles. The molecule has 1 saturated heterocycles. The minimum absolute atomic E-state index is 0.267. The van der Waals surface area contributed by atoms with E-state index in [1.807, 2.05) is 6.92 Å². The Hall–Kier alpha value is -3.30. The molecule has 7 rings (SSSR count). The first-order valence-electron chi connectivity index (χ1n) is 13.5. The van der Waals surface area contributed by atoms with Crippen molar-refractivity contribution in [1.29, 1.82) is 0 Å². The Morgan fingerprint density at radius 1 is 1.11 bits per heavy atom. The zero-order chi connectivity index (χ0) is 25.9. The molecule has 0 amide bonds. The molecule has 38 heavy (non-hydrogen) atoms. The Balaban J connectivity index is 1.22. The summed E-state index contributed by atoms with van der Waals surface area (Å²) >= 11 is 1.77. The third-order valence-corrected chi connectivity index (χ3v) is 9.70. The largest absolute Gasteiger partial charge is 0.490 e. The summed E-state index contributed by atoms with van der Waals surface area (Å²) in [5.74, 6) is 3.24. The highest BCUT2D eigenvalue weighted by atomic mass is 32.1. The Morgan fingerprint density at radius 2 is 1.89 bits per heavy atom. The number of nitrogens with zero attached hydrogens (tertiary/aromatic N) is 5. The second-order valence-corrected chi connectivity index (χ2v) is 12.2. The van der Waals surface area contributed by atoms with Crippen LogP contribution in [0.5, 0.6) is 5.75 Å². The first kappa shape index (κ1) is 23.8. The summed E-state index contributed by atoms with van der Waals surface area (Å²) in [5.41, 5.74) is 4.92. The van der Waals surface area contributed by atoms with E-state index in [-0.39, 0.29) is 6.04 Å². The second kappa shape index (κ2) is 9.17. The number of rotatable bonds is 5. The average molecular weight is 529 g/mol. The first-order chi connectivity index (χ1) is 18.5. The first-order valence-corrected chi connectivity index (χ1v) is 14.3. The maximum atomic E-state index is 6.39. The molecule has 1 saturated carbocycles. The van der Waals surface area contributed by atoms with E-state index in [4.69, 9.17) is 14.1 Å². The number of hydrogen-bond donors (Lipinski definition) is 1. The van der Waals surface area contributed by atoms with Gasteiger partial charge in [0.1, 0.15) is 28.9 Å². The highest BCUT2D eigenvalue weighted by Gasteiger charge is 2.45. The van der Waals surface area contributed by atoms with E-state index < -0.39 is 0 Å². The molecule has 1 atom stereocenters. The zero-order valence-corrected chi connectivity index (χ0v) is 22.8. The van der Waals surface area contributed by atoms with Crippen LogP contribution in [0.4, 0.5) is 0 Å². The van der Waals surface area contributed by atoms with Crippen LogP contribution in [0.1, 0.15) is 70.8 Å². The van der Waals surface area contributed by atoms with Crippen LogP contribution < -0.4 is 10.1 Å². The Labute approximate surface area is 226 Å². The van der Waals surface area contributed by atoms with Gasteiger partial charge >= 0.3 is 0 Å². The van der Waals surface area contributed by atoms with Crippen LogP contribution in [0.15, 0.2) is 46.1 Å². The van der Waals surface area contributed by atoms with Gasteiger partial charge in [0.05, 0.1) is 24.4 Å². The molecule has 9 heteroatoms. The van der Waals surface area contributed by atoms with Crippen LogP contribution in [-0.4, -0.2) is 44.7 Å². The van der Waals surface area contributed by atoms with Gasteiger partial charge in [-0.2, -0.15) is 0 Å². The van der Waals surface area contributed by atoms with Crippen molar-refractivity contribution in [2.24, 2.45) is 10.4 Å². The lowest BCUT2D eigenvalue weighted by Gasteiger charge is -2.49. The number of fused-ring (bicyclic) bond motifs is 3. The molecule has 0 bridgehead atoms. The van der Waals surface area contributed by atoms with Crippen LogP contribution in [-0.2, 0) is 6.42 Å². The van der Waals surface area contributed by atoms with E-state index in [1.165, 1.54) is 36.1 Å². The van der Waals surface area contributed by atoms with E-state index in [2.05, 4.69) is 63.2 Å². The molecule has 1 unspecified atom stereocenters. The Kier molecular flexibility index (Phi) is 5.74. The van der Waals surface area contributed by atoms with Crippen molar-refractivity contribution in [2.75, 3.05) is 13.1 Å². The molecule has 2 aliphatic heterocycles. The fourth-order valence-corrected chi connectivity index (χ4v) is 7.50. The Bertz CT molecular complexity index is 1490.